The van der Waals surface area contributed by atoms with E-state index in [1.165, 1.54) is 0 Å². The molecule has 0 amide bonds. The van der Waals surface area contributed by atoms with E-state index in [0.717, 1.165) is 11.1 Å². The quantitative estimate of drug-likeness (QED) is 0.805. The van der Waals surface area contributed by atoms with E-state index in [4.69, 9.17) is 4.74 Å². The number of aryl methyl sites for hydroxylation is 1. The summed E-state index contributed by atoms with van der Waals surface area (Å²) in [5, 5.41) is 9.31. The Kier molecular flexibility index (Phi) is 3.89. The molecule has 0 fully saturated rings. The summed E-state index contributed by atoms with van der Waals surface area (Å²) in [5.74, 6) is 0.673. The van der Waals surface area contributed by atoms with E-state index in [-0.39, 0.29) is 6.61 Å². The Labute approximate surface area is 83.3 Å². The third-order valence-corrected chi connectivity index (χ3v) is 2.02. The highest BCUT2D eigenvalue weighted by atomic mass is 19.1. The van der Waals surface area contributed by atoms with Crippen LogP contribution < -0.4 is 4.74 Å². The van der Waals surface area contributed by atoms with Crippen molar-refractivity contribution in [3.63, 3.8) is 0 Å². The Hall–Kier alpha value is -1.09. The summed E-state index contributed by atoms with van der Waals surface area (Å²) < 4.78 is 17.0. The maximum Gasteiger partial charge on any atom is 0.123 e. The SMILES string of the molecule is Cc1cc(C(C)O)ccc1OCCF. The average Bonchev–Trinajstić information content (AvgIpc) is 2.15. The van der Waals surface area contributed by atoms with E-state index in [1.807, 2.05) is 13.0 Å². The highest BCUT2D eigenvalue weighted by molar-refractivity contribution is 5.36. The van der Waals surface area contributed by atoms with Gasteiger partial charge in [0.05, 0.1) is 6.10 Å². The molecular weight excluding hydrogens is 183 g/mol. The van der Waals surface area contributed by atoms with E-state index >= 15 is 0 Å². The Bertz CT molecular complexity index is 297. The van der Waals surface area contributed by atoms with Crippen molar-refractivity contribution >= 4 is 0 Å². The van der Waals surface area contributed by atoms with Gasteiger partial charge in [0, 0.05) is 0 Å². The van der Waals surface area contributed by atoms with Crippen molar-refractivity contribution in [1.29, 1.82) is 0 Å². The average molecular weight is 198 g/mol. The Morgan fingerprint density at radius 3 is 2.71 bits per heavy atom. The van der Waals surface area contributed by atoms with Crippen LogP contribution in [0.3, 0.4) is 0 Å². The molecule has 0 saturated carbocycles. The predicted octanol–water partition coefficient (Wildman–Crippen LogP) is 2.40. The van der Waals surface area contributed by atoms with Crippen molar-refractivity contribution in [2.75, 3.05) is 13.3 Å². The smallest absolute Gasteiger partial charge is 0.123 e. The lowest BCUT2D eigenvalue weighted by molar-refractivity contribution is 0.199. The van der Waals surface area contributed by atoms with Crippen molar-refractivity contribution < 1.29 is 14.2 Å². The first-order valence-electron chi connectivity index (χ1n) is 4.62. The second-order valence-corrected chi connectivity index (χ2v) is 3.24. The third-order valence-electron chi connectivity index (χ3n) is 2.02. The second kappa shape index (κ2) is 4.96. The topological polar surface area (TPSA) is 29.5 Å². The van der Waals surface area contributed by atoms with Gasteiger partial charge in [0.15, 0.2) is 0 Å². The number of alkyl halides is 1. The van der Waals surface area contributed by atoms with E-state index in [1.54, 1.807) is 19.1 Å². The Balaban J connectivity index is 2.79. The molecule has 1 N–H and O–H groups in total. The van der Waals surface area contributed by atoms with Gasteiger partial charge in [-0.3, -0.25) is 0 Å². The van der Waals surface area contributed by atoms with Gasteiger partial charge in [-0.15, -0.1) is 0 Å². The molecule has 0 aliphatic heterocycles. The van der Waals surface area contributed by atoms with Crippen molar-refractivity contribution in [1.82, 2.24) is 0 Å². The number of hydrogen-bond donors (Lipinski definition) is 1. The zero-order valence-corrected chi connectivity index (χ0v) is 8.46. The summed E-state index contributed by atoms with van der Waals surface area (Å²) in [6.07, 6.45) is -0.482. The second-order valence-electron chi connectivity index (χ2n) is 3.24. The van der Waals surface area contributed by atoms with E-state index < -0.39 is 12.8 Å². The molecule has 0 aliphatic carbocycles. The number of hydrogen-bond acceptors (Lipinski definition) is 2. The number of aliphatic hydroxyl groups is 1. The van der Waals surface area contributed by atoms with E-state index in [9.17, 15) is 9.50 Å². The molecule has 3 heteroatoms. The lowest BCUT2D eigenvalue weighted by Gasteiger charge is -2.10. The zero-order valence-electron chi connectivity index (χ0n) is 8.46. The summed E-state index contributed by atoms with van der Waals surface area (Å²) in [4.78, 5) is 0. The number of ether oxygens (including phenoxy) is 1. The minimum atomic E-state index is -0.488. The largest absolute Gasteiger partial charge is 0.491 e. The van der Waals surface area contributed by atoms with Crippen LogP contribution in [0.4, 0.5) is 4.39 Å². The van der Waals surface area contributed by atoms with Crippen LogP contribution >= 0.6 is 0 Å². The monoisotopic (exact) mass is 198 g/mol. The van der Waals surface area contributed by atoms with Gasteiger partial charge in [0.1, 0.15) is 19.0 Å². The molecule has 0 heterocycles. The molecule has 0 bridgehead atoms. The van der Waals surface area contributed by atoms with E-state index in [2.05, 4.69) is 0 Å². The number of rotatable bonds is 4. The van der Waals surface area contributed by atoms with Crippen LogP contribution in [0.1, 0.15) is 24.2 Å². The highest BCUT2D eigenvalue weighted by Gasteiger charge is 2.04. The number of benzene rings is 1. The molecule has 1 aromatic rings. The molecule has 1 rings (SSSR count). The summed E-state index contributed by atoms with van der Waals surface area (Å²) in [6, 6.07) is 5.39. The van der Waals surface area contributed by atoms with Gasteiger partial charge < -0.3 is 9.84 Å². The molecule has 78 valence electrons. The molecule has 0 aliphatic rings. The Morgan fingerprint density at radius 2 is 2.21 bits per heavy atom. The van der Waals surface area contributed by atoms with Crippen molar-refractivity contribution in [3.8, 4) is 5.75 Å². The van der Waals surface area contributed by atoms with Gasteiger partial charge in [0.25, 0.3) is 0 Å². The fourth-order valence-corrected chi connectivity index (χ4v) is 1.24. The maximum absolute atomic E-state index is 11.9. The van der Waals surface area contributed by atoms with E-state index in [0.29, 0.717) is 5.75 Å². The molecule has 2 nitrogen and oxygen atoms in total. The van der Waals surface area contributed by atoms with Gasteiger partial charge in [-0.25, -0.2) is 4.39 Å². The van der Waals surface area contributed by atoms with Crippen LogP contribution in [0.25, 0.3) is 0 Å². The summed E-state index contributed by atoms with van der Waals surface area (Å²) in [5.41, 5.74) is 1.76. The lowest BCUT2D eigenvalue weighted by atomic mass is 10.1. The van der Waals surface area contributed by atoms with Crippen LogP contribution in [0, 0.1) is 6.92 Å². The van der Waals surface area contributed by atoms with Crippen LogP contribution in [-0.2, 0) is 0 Å². The number of aliphatic hydroxyl groups excluding tert-OH is 1. The first kappa shape index (κ1) is 11.0. The zero-order chi connectivity index (χ0) is 10.6. The summed E-state index contributed by atoms with van der Waals surface area (Å²) in [7, 11) is 0. The Morgan fingerprint density at radius 1 is 1.50 bits per heavy atom. The van der Waals surface area contributed by atoms with Crippen molar-refractivity contribution in [2.24, 2.45) is 0 Å². The van der Waals surface area contributed by atoms with Crippen molar-refractivity contribution in [3.05, 3.63) is 29.3 Å². The molecule has 14 heavy (non-hydrogen) atoms. The van der Waals surface area contributed by atoms with Gasteiger partial charge in [0.2, 0.25) is 0 Å². The first-order chi connectivity index (χ1) is 6.65. The fraction of sp³-hybridized carbons (Fsp3) is 0.455. The highest BCUT2D eigenvalue weighted by Crippen LogP contribution is 2.22. The third kappa shape index (κ3) is 2.70. The molecule has 1 unspecified atom stereocenters. The normalized spacial score (nSPS) is 12.6. The van der Waals surface area contributed by atoms with Crippen LogP contribution in [0.5, 0.6) is 5.75 Å². The maximum atomic E-state index is 11.9. The van der Waals surface area contributed by atoms with Crippen LogP contribution in [-0.4, -0.2) is 18.4 Å². The molecular formula is C11H15FO2. The van der Waals surface area contributed by atoms with Crippen molar-refractivity contribution in [2.45, 2.75) is 20.0 Å². The molecule has 0 saturated heterocycles. The first-order valence-corrected chi connectivity index (χ1v) is 4.62. The van der Waals surface area contributed by atoms with Gasteiger partial charge in [-0.05, 0) is 37.1 Å². The molecule has 0 spiro atoms. The van der Waals surface area contributed by atoms with Gasteiger partial charge in [-0.1, -0.05) is 6.07 Å². The molecule has 0 aromatic heterocycles. The minimum Gasteiger partial charge on any atom is -0.491 e. The van der Waals surface area contributed by atoms with Gasteiger partial charge in [-0.2, -0.15) is 0 Å². The summed E-state index contributed by atoms with van der Waals surface area (Å²) >= 11 is 0. The van der Waals surface area contributed by atoms with Crippen LogP contribution in [0.15, 0.2) is 18.2 Å². The predicted molar refractivity (Wildman–Crippen MR) is 53.3 cm³/mol. The lowest BCUT2D eigenvalue weighted by Crippen LogP contribution is -2.01. The number of halogens is 1. The molecule has 0 radical (unpaired) electrons. The van der Waals surface area contributed by atoms with Gasteiger partial charge >= 0.3 is 0 Å². The summed E-state index contributed by atoms with van der Waals surface area (Å²) in [6.45, 7) is 3.17. The fourth-order valence-electron chi connectivity index (χ4n) is 1.24. The minimum absolute atomic E-state index is 0.0782. The van der Waals surface area contributed by atoms with Crippen LogP contribution in [0.2, 0.25) is 0 Å². The standard InChI is InChI=1S/C11H15FO2/c1-8-7-10(9(2)13)3-4-11(8)14-6-5-12/h3-4,7,9,13H,5-6H2,1-2H3. The molecule has 1 aromatic carbocycles. The molecule has 1 atom stereocenters.